The molecule has 2 fully saturated rings. The number of aromatic nitrogens is 4. The van der Waals surface area contributed by atoms with E-state index in [1.807, 2.05) is 28.9 Å². The summed E-state index contributed by atoms with van der Waals surface area (Å²) in [7, 11) is 0. The van der Waals surface area contributed by atoms with Crippen LogP contribution in [0.3, 0.4) is 0 Å². The van der Waals surface area contributed by atoms with E-state index in [9.17, 15) is 4.79 Å². The highest BCUT2D eigenvalue weighted by molar-refractivity contribution is 9.09. The summed E-state index contributed by atoms with van der Waals surface area (Å²) in [5.41, 5.74) is 7.91. The van der Waals surface area contributed by atoms with E-state index in [4.69, 9.17) is 0 Å². The van der Waals surface area contributed by atoms with E-state index < -0.39 is 0 Å². The molecular formula is C17H22BrN7O. The number of hydrazine groups is 1. The number of rotatable bonds is 5. The van der Waals surface area contributed by atoms with Crippen LogP contribution in [0.5, 0.6) is 0 Å². The van der Waals surface area contributed by atoms with Gasteiger partial charge in [-0.1, -0.05) is 41.9 Å². The molecule has 3 atom stereocenters. The number of hydrogen-bond acceptors (Lipinski definition) is 6. The molecule has 8 nitrogen and oxygen atoms in total. The molecular weight excluding hydrogens is 398 g/mol. The van der Waals surface area contributed by atoms with Crippen molar-refractivity contribution in [1.82, 2.24) is 31.1 Å². The maximum Gasteiger partial charge on any atom is 0.244 e. The monoisotopic (exact) mass is 419 g/mol. The number of alkyl halides is 1. The number of carbonyl (C=O) groups excluding carboxylic acids is 1. The minimum Gasteiger partial charge on any atom is -0.325 e. The van der Waals surface area contributed by atoms with Crippen LogP contribution in [0.15, 0.2) is 24.3 Å². The van der Waals surface area contributed by atoms with Crippen LogP contribution < -0.4 is 16.2 Å². The molecule has 3 N–H and O–H groups in total. The van der Waals surface area contributed by atoms with Gasteiger partial charge in [0.2, 0.25) is 5.91 Å². The highest BCUT2D eigenvalue weighted by Crippen LogP contribution is 2.36. The lowest BCUT2D eigenvalue weighted by Crippen LogP contribution is -2.42. The molecule has 2 aromatic rings. The van der Waals surface area contributed by atoms with Crippen LogP contribution in [0.4, 0.5) is 5.69 Å². The number of amides is 1. The first-order chi connectivity index (χ1) is 12.5. The molecule has 1 aliphatic heterocycles. The average molecular weight is 420 g/mol. The quantitative estimate of drug-likeness (QED) is 0.640. The number of nitrogens with zero attached hydrogens (tertiary/aromatic N) is 4. The van der Waals surface area contributed by atoms with Crippen LogP contribution >= 0.6 is 15.9 Å². The molecule has 1 amide bonds. The first kappa shape index (κ1) is 17.6. The maximum atomic E-state index is 12.7. The van der Waals surface area contributed by atoms with Crippen LogP contribution in [0.25, 0.3) is 11.4 Å². The maximum absolute atomic E-state index is 12.7. The second-order valence-electron chi connectivity index (χ2n) is 7.23. The average Bonchev–Trinajstić information content (AvgIpc) is 3.20. The van der Waals surface area contributed by atoms with Gasteiger partial charge < -0.3 is 5.32 Å². The smallest absolute Gasteiger partial charge is 0.244 e. The highest BCUT2D eigenvalue weighted by atomic mass is 79.9. The Morgan fingerprint density at radius 1 is 1.35 bits per heavy atom. The largest absolute Gasteiger partial charge is 0.325 e. The Morgan fingerprint density at radius 2 is 2.15 bits per heavy atom. The number of benzene rings is 1. The van der Waals surface area contributed by atoms with Gasteiger partial charge in [0.05, 0.1) is 10.9 Å². The van der Waals surface area contributed by atoms with Crippen LogP contribution in [0, 0.1) is 5.92 Å². The number of halogens is 1. The molecule has 0 bridgehead atoms. The van der Waals surface area contributed by atoms with E-state index in [1.165, 1.54) is 0 Å². The SMILES string of the molecule is CC(C)C1NNC(C(=O)Nc2cccc(-c3nnnn3C3CC3)c2)C1Br. The molecule has 3 unspecified atom stereocenters. The second kappa shape index (κ2) is 7.05. The van der Waals surface area contributed by atoms with Crippen molar-refractivity contribution >= 4 is 27.5 Å². The van der Waals surface area contributed by atoms with E-state index in [0.717, 1.165) is 29.9 Å². The number of nitrogens with one attached hydrogen (secondary N) is 3. The standard InChI is InChI=1S/C17H22BrN7O/c1-9(2)14-13(18)15(21-20-14)17(26)19-11-5-3-4-10(8-11)16-22-23-24-25(16)12-6-7-12/h3-5,8-9,12-15,20-21H,6-7H2,1-2H3,(H,19,26). The Labute approximate surface area is 160 Å². The van der Waals surface area contributed by atoms with Gasteiger partial charge in [0.1, 0.15) is 6.04 Å². The molecule has 1 aromatic heterocycles. The first-order valence-corrected chi connectivity index (χ1v) is 9.80. The third kappa shape index (κ3) is 3.38. The van der Waals surface area contributed by atoms with Gasteiger partial charge >= 0.3 is 0 Å². The van der Waals surface area contributed by atoms with E-state index in [1.54, 1.807) is 0 Å². The normalized spacial score (nSPS) is 25.6. The van der Waals surface area contributed by atoms with Gasteiger partial charge in [-0.3, -0.25) is 10.2 Å². The Bertz CT molecular complexity index is 804. The zero-order chi connectivity index (χ0) is 18.3. The van der Waals surface area contributed by atoms with Gasteiger partial charge in [0, 0.05) is 17.3 Å². The molecule has 4 rings (SSSR count). The Balaban J connectivity index is 1.49. The van der Waals surface area contributed by atoms with Gasteiger partial charge in [-0.25, -0.2) is 10.1 Å². The molecule has 1 saturated heterocycles. The Morgan fingerprint density at radius 3 is 2.85 bits per heavy atom. The molecule has 2 heterocycles. The van der Waals surface area contributed by atoms with E-state index in [2.05, 4.69) is 61.5 Å². The van der Waals surface area contributed by atoms with Crippen molar-refractivity contribution in [2.24, 2.45) is 5.92 Å². The van der Waals surface area contributed by atoms with E-state index >= 15 is 0 Å². The van der Waals surface area contributed by atoms with Gasteiger partial charge in [-0.05, 0) is 41.3 Å². The molecule has 1 saturated carbocycles. The molecule has 0 spiro atoms. The summed E-state index contributed by atoms with van der Waals surface area (Å²) < 4.78 is 1.87. The molecule has 0 radical (unpaired) electrons. The van der Waals surface area contributed by atoms with Gasteiger partial charge in [-0.2, -0.15) is 0 Å². The second-order valence-corrected chi connectivity index (χ2v) is 8.29. The van der Waals surface area contributed by atoms with Crippen molar-refractivity contribution in [2.75, 3.05) is 5.32 Å². The van der Waals surface area contributed by atoms with Crippen LogP contribution in [-0.2, 0) is 4.79 Å². The summed E-state index contributed by atoms with van der Waals surface area (Å²) in [5, 5.41) is 15.0. The van der Waals surface area contributed by atoms with Gasteiger partial charge in [0.25, 0.3) is 0 Å². The van der Waals surface area contributed by atoms with Gasteiger partial charge in [0.15, 0.2) is 5.82 Å². The fourth-order valence-electron chi connectivity index (χ4n) is 3.20. The minimum atomic E-state index is -0.345. The molecule has 1 aliphatic carbocycles. The van der Waals surface area contributed by atoms with Gasteiger partial charge in [-0.15, -0.1) is 5.10 Å². The molecule has 9 heteroatoms. The van der Waals surface area contributed by atoms with Crippen LogP contribution in [0.1, 0.15) is 32.7 Å². The summed E-state index contributed by atoms with van der Waals surface area (Å²) in [6, 6.07) is 7.89. The lowest BCUT2D eigenvalue weighted by Gasteiger charge is -2.19. The number of anilines is 1. The van der Waals surface area contributed by atoms with Crippen molar-refractivity contribution in [3.8, 4) is 11.4 Å². The molecule has 26 heavy (non-hydrogen) atoms. The van der Waals surface area contributed by atoms with E-state index in [0.29, 0.717) is 12.0 Å². The topological polar surface area (TPSA) is 96.8 Å². The van der Waals surface area contributed by atoms with Crippen molar-refractivity contribution in [3.63, 3.8) is 0 Å². The summed E-state index contributed by atoms with van der Waals surface area (Å²) in [6.07, 6.45) is 2.22. The summed E-state index contributed by atoms with van der Waals surface area (Å²) in [4.78, 5) is 12.7. The lowest BCUT2D eigenvalue weighted by atomic mass is 9.99. The van der Waals surface area contributed by atoms with Crippen molar-refractivity contribution < 1.29 is 4.79 Å². The predicted octanol–water partition coefficient (Wildman–Crippen LogP) is 1.88. The molecule has 2 aliphatic rings. The third-order valence-electron chi connectivity index (χ3n) is 4.84. The zero-order valence-corrected chi connectivity index (χ0v) is 16.3. The molecule has 138 valence electrons. The fourth-order valence-corrected chi connectivity index (χ4v) is 4.32. The van der Waals surface area contributed by atoms with Crippen LogP contribution in [0.2, 0.25) is 0 Å². The lowest BCUT2D eigenvalue weighted by molar-refractivity contribution is -0.117. The minimum absolute atomic E-state index is 0.0212. The number of tetrazole rings is 1. The number of carbonyl (C=O) groups is 1. The summed E-state index contributed by atoms with van der Waals surface area (Å²) in [5.74, 6) is 1.07. The van der Waals surface area contributed by atoms with Crippen molar-refractivity contribution in [1.29, 1.82) is 0 Å². The molecule has 1 aromatic carbocycles. The number of hydrogen-bond donors (Lipinski definition) is 3. The van der Waals surface area contributed by atoms with Crippen molar-refractivity contribution in [2.45, 2.75) is 49.6 Å². The fraction of sp³-hybridized carbons (Fsp3) is 0.529. The Kier molecular flexibility index (Phi) is 4.76. The zero-order valence-electron chi connectivity index (χ0n) is 14.7. The van der Waals surface area contributed by atoms with Crippen molar-refractivity contribution in [3.05, 3.63) is 24.3 Å². The Hall–Kier alpha value is -1.84. The van der Waals surface area contributed by atoms with E-state index in [-0.39, 0.29) is 22.8 Å². The highest BCUT2D eigenvalue weighted by Gasteiger charge is 2.39. The predicted molar refractivity (Wildman–Crippen MR) is 102 cm³/mol. The summed E-state index contributed by atoms with van der Waals surface area (Å²) >= 11 is 3.65. The first-order valence-electron chi connectivity index (χ1n) is 8.89. The third-order valence-corrected chi connectivity index (χ3v) is 5.94. The van der Waals surface area contributed by atoms with Crippen LogP contribution in [-0.4, -0.2) is 43.0 Å². The summed E-state index contributed by atoms with van der Waals surface area (Å²) in [6.45, 7) is 4.25.